The highest BCUT2D eigenvalue weighted by Crippen LogP contribution is 2.31. The van der Waals surface area contributed by atoms with Crippen LogP contribution in [0.3, 0.4) is 0 Å². The Morgan fingerprint density at radius 3 is 2.74 bits per heavy atom. The fraction of sp³-hybridized carbons (Fsp3) is 0.500. The van der Waals surface area contributed by atoms with Crippen LogP contribution < -0.4 is 5.32 Å². The molecule has 1 saturated heterocycles. The van der Waals surface area contributed by atoms with Crippen LogP contribution in [0.5, 0.6) is 0 Å². The number of nitrogens with zero attached hydrogens (tertiary/aromatic N) is 1. The van der Waals surface area contributed by atoms with Crippen LogP contribution >= 0.6 is 15.9 Å². The first-order chi connectivity index (χ1) is 12.7. The molecule has 1 aromatic carbocycles. The highest BCUT2D eigenvalue weighted by atomic mass is 79.9. The molecule has 1 aliphatic rings. The second kappa shape index (κ2) is 9.26. The fourth-order valence-electron chi connectivity index (χ4n) is 2.87. The van der Waals surface area contributed by atoms with Crippen molar-refractivity contribution in [1.82, 2.24) is 10.2 Å². The number of ether oxygens (including phenoxy) is 2. The molecule has 0 radical (unpaired) electrons. The highest BCUT2D eigenvalue weighted by Gasteiger charge is 2.32. The van der Waals surface area contributed by atoms with Crippen molar-refractivity contribution in [3.05, 3.63) is 46.1 Å². The summed E-state index contributed by atoms with van der Waals surface area (Å²) in [5.41, 5.74) is 1.13. The van der Waals surface area contributed by atoms with Crippen LogP contribution in [0.25, 0.3) is 0 Å². The predicted molar refractivity (Wildman–Crippen MR) is 107 cm³/mol. The van der Waals surface area contributed by atoms with Crippen molar-refractivity contribution in [3.8, 4) is 0 Å². The number of amides is 1. The highest BCUT2D eigenvalue weighted by molar-refractivity contribution is 9.10. The molecule has 0 bridgehead atoms. The third kappa shape index (κ3) is 6.57. The number of carbonyl (C=O) groups excluding carboxylic acids is 2. The molecule has 1 fully saturated rings. The molecule has 1 aliphatic heterocycles. The summed E-state index contributed by atoms with van der Waals surface area (Å²) in [7, 11) is 0. The average molecular weight is 439 g/mol. The van der Waals surface area contributed by atoms with Gasteiger partial charge in [-0.05, 0) is 45.4 Å². The Morgan fingerprint density at radius 1 is 1.37 bits per heavy atom. The SMILES string of the molecule is CCOC(=O)/C=C1\CC(c2cccc(Br)c2)N(C(=O)OC(C)(C)C)CCN1. The molecule has 7 heteroatoms. The molecule has 1 unspecified atom stereocenters. The van der Waals surface area contributed by atoms with Gasteiger partial charge in [-0.1, -0.05) is 28.1 Å². The molecular weight excluding hydrogens is 412 g/mol. The first kappa shape index (κ1) is 21.3. The maximum atomic E-state index is 12.8. The van der Waals surface area contributed by atoms with E-state index in [1.807, 2.05) is 45.0 Å². The van der Waals surface area contributed by atoms with E-state index in [4.69, 9.17) is 9.47 Å². The smallest absolute Gasteiger partial charge is 0.410 e. The molecule has 2 rings (SSSR count). The van der Waals surface area contributed by atoms with Crippen LogP contribution in [-0.2, 0) is 14.3 Å². The minimum atomic E-state index is -0.581. The van der Waals surface area contributed by atoms with Gasteiger partial charge < -0.3 is 14.8 Å². The minimum absolute atomic E-state index is 0.256. The van der Waals surface area contributed by atoms with Gasteiger partial charge in [-0.25, -0.2) is 9.59 Å². The van der Waals surface area contributed by atoms with Crippen LogP contribution in [0, 0.1) is 0 Å². The topological polar surface area (TPSA) is 67.9 Å². The number of hydrogen-bond donors (Lipinski definition) is 1. The van der Waals surface area contributed by atoms with Crippen LogP contribution in [0.15, 0.2) is 40.5 Å². The molecule has 27 heavy (non-hydrogen) atoms. The Morgan fingerprint density at radius 2 is 2.11 bits per heavy atom. The van der Waals surface area contributed by atoms with Gasteiger partial charge in [-0.2, -0.15) is 0 Å². The molecule has 0 aromatic heterocycles. The van der Waals surface area contributed by atoms with Gasteiger partial charge in [-0.3, -0.25) is 4.90 Å². The Hall–Kier alpha value is -2.02. The molecule has 1 amide bonds. The van der Waals surface area contributed by atoms with Gasteiger partial charge in [0.2, 0.25) is 0 Å². The van der Waals surface area contributed by atoms with Gasteiger partial charge in [0.25, 0.3) is 0 Å². The summed E-state index contributed by atoms with van der Waals surface area (Å²) in [5, 5.41) is 3.23. The third-order valence-electron chi connectivity index (χ3n) is 3.93. The monoisotopic (exact) mass is 438 g/mol. The maximum absolute atomic E-state index is 12.8. The van der Waals surface area contributed by atoms with E-state index in [0.29, 0.717) is 26.1 Å². The maximum Gasteiger partial charge on any atom is 0.410 e. The average Bonchev–Trinajstić information content (AvgIpc) is 2.76. The molecule has 0 saturated carbocycles. The Labute approximate surface area is 169 Å². The van der Waals surface area contributed by atoms with Crippen molar-refractivity contribution in [2.24, 2.45) is 0 Å². The van der Waals surface area contributed by atoms with Gasteiger partial charge in [-0.15, -0.1) is 0 Å². The quantitative estimate of drug-likeness (QED) is 0.566. The second-order valence-electron chi connectivity index (χ2n) is 7.30. The minimum Gasteiger partial charge on any atom is -0.463 e. The Kier molecular flexibility index (Phi) is 7.30. The molecular formula is C20H27BrN2O4. The summed E-state index contributed by atoms with van der Waals surface area (Å²) in [6.07, 6.45) is 1.56. The number of halogens is 1. The third-order valence-corrected chi connectivity index (χ3v) is 4.43. The molecule has 148 valence electrons. The van der Waals surface area contributed by atoms with E-state index in [1.165, 1.54) is 6.08 Å². The van der Waals surface area contributed by atoms with Gasteiger partial charge in [0.05, 0.1) is 12.6 Å². The number of benzene rings is 1. The van der Waals surface area contributed by atoms with Gasteiger partial charge >= 0.3 is 12.1 Å². The molecule has 1 atom stereocenters. The zero-order valence-electron chi connectivity index (χ0n) is 16.3. The van der Waals surface area contributed by atoms with Crippen LogP contribution in [0.1, 0.15) is 45.7 Å². The normalized spacial score (nSPS) is 19.2. The van der Waals surface area contributed by atoms with Gasteiger partial charge in [0.15, 0.2) is 0 Å². The number of hydrogen-bond acceptors (Lipinski definition) is 5. The largest absolute Gasteiger partial charge is 0.463 e. The number of esters is 1. The van der Waals surface area contributed by atoms with Crippen LogP contribution in [-0.4, -0.2) is 42.3 Å². The van der Waals surface area contributed by atoms with E-state index in [9.17, 15) is 9.59 Å². The fourth-order valence-corrected chi connectivity index (χ4v) is 3.29. The first-order valence-corrected chi connectivity index (χ1v) is 9.85. The summed E-state index contributed by atoms with van der Waals surface area (Å²) >= 11 is 3.49. The molecule has 1 heterocycles. The zero-order chi connectivity index (χ0) is 20.0. The van der Waals surface area contributed by atoms with Crippen molar-refractivity contribution in [3.63, 3.8) is 0 Å². The lowest BCUT2D eigenvalue weighted by Crippen LogP contribution is -2.40. The Balaban J connectivity index is 2.35. The zero-order valence-corrected chi connectivity index (χ0v) is 17.8. The van der Waals surface area contributed by atoms with Crippen molar-refractivity contribution in [1.29, 1.82) is 0 Å². The standard InChI is InChI=1S/C20H27BrN2O4/c1-5-26-18(24)13-16-12-17(14-7-6-8-15(21)11-14)23(10-9-22-16)19(25)27-20(2,3)4/h6-8,11,13,17,22H,5,9-10,12H2,1-4H3/b16-13+. The Bertz CT molecular complexity index is 712. The van der Waals surface area contributed by atoms with E-state index in [1.54, 1.807) is 11.8 Å². The van der Waals surface area contributed by atoms with Crippen LogP contribution in [0.2, 0.25) is 0 Å². The van der Waals surface area contributed by atoms with E-state index in [2.05, 4.69) is 21.2 Å². The lowest BCUT2D eigenvalue weighted by Gasteiger charge is -2.32. The van der Waals surface area contributed by atoms with Gasteiger partial charge in [0, 0.05) is 35.8 Å². The van der Waals surface area contributed by atoms with Crippen LogP contribution in [0.4, 0.5) is 4.79 Å². The van der Waals surface area contributed by atoms with Crippen molar-refractivity contribution in [2.75, 3.05) is 19.7 Å². The molecule has 1 aromatic rings. The molecule has 1 N–H and O–H groups in total. The van der Waals surface area contributed by atoms with Gasteiger partial charge in [0.1, 0.15) is 5.60 Å². The summed E-state index contributed by atoms with van der Waals surface area (Å²) in [5.74, 6) is -0.390. The predicted octanol–water partition coefficient (Wildman–Crippen LogP) is 4.17. The molecule has 0 spiro atoms. The van der Waals surface area contributed by atoms with E-state index in [0.717, 1.165) is 15.7 Å². The molecule has 0 aliphatic carbocycles. The summed E-state index contributed by atoms with van der Waals surface area (Å²) in [6, 6.07) is 7.56. The summed E-state index contributed by atoms with van der Waals surface area (Å²) < 4.78 is 11.6. The van der Waals surface area contributed by atoms with Crippen molar-refractivity contribution in [2.45, 2.75) is 45.8 Å². The number of nitrogens with one attached hydrogen (secondary N) is 1. The second-order valence-corrected chi connectivity index (χ2v) is 8.21. The van der Waals surface area contributed by atoms with E-state index >= 15 is 0 Å². The van der Waals surface area contributed by atoms with E-state index in [-0.39, 0.29) is 12.1 Å². The summed E-state index contributed by atoms with van der Waals surface area (Å²) in [4.78, 5) is 26.4. The molecule has 6 nitrogen and oxygen atoms in total. The van der Waals surface area contributed by atoms with Crippen molar-refractivity contribution < 1.29 is 19.1 Å². The van der Waals surface area contributed by atoms with E-state index < -0.39 is 11.6 Å². The number of carbonyl (C=O) groups is 2. The number of rotatable bonds is 3. The summed E-state index contributed by atoms with van der Waals surface area (Å²) in [6.45, 7) is 8.62. The first-order valence-electron chi connectivity index (χ1n) is 9.06. The lowest BCUT2D eigenvalue weighted by molar-refractivity contribution is -0.137. The lowest BCUT2D eigenvalue weighted by atomic mass is 10.0. The van der Waals surface area contributed by atoms with Crippen molar-refractivity contribution >= 4 is 28.0 Å².